The van der Waals surface area contributed by atoms with Gasteiger partial charge in [0.2, 0.25) is 0 Å². The summed E-state index contributed by atoms with van der Waals surface area (Å²) in [5.74, 6) is 1.75. The molecule has 1 heterocycles. The molecule has 0 aromatic heterocycles. The first kappa shape index (κ1) is 9.47. The highest BCUT2D eigenvalue weighted by Crippen LogP contribution is 2.32. The average molecular weight is 182 g/mol. The van der Waals surface area contributed by atoms with Crippen LogP contribution in [0.4, 0.5) is 0 Å². The molecular weight excluding hydrogens is 160 g/mol. The molecule has 2 atom stereocenters. The minimum Gasteiger partial charge on any atom is -0.330 e. The number of nitrogens with zero attached hydrogens (tertiary/aromatic N) is 1. The smallest absolute Gasteiger partial charge is 0.00128 e. The van der Waals surface area contributed by atoms with Gasteiger partial charge in [-0.2, -0.15) is 0 Å². The first-order valence-electron chi connectivity index (χ1n) is 5.82. The molecule has 2 nitrogen and oxygen atoms in total. The third-order valence-electron chi connectivity index (χ3n) is 3.81. The number of nitrogens with two attached hydrogens (primary N) is 1. The van der Waals surface area contributed by atoms with Gasteiger partial charge in [0.25, 0.3) is 0 Å². The zero-order valence-electron chi connectivity index (χ0n) is 8.54. The molecule has 76 valence electrons. The number of hydrogen-bond acceptors (Lipinski definition) is 2. The predicted molar refractivity (Wildman–Crippen MR) is 55.6 cm³/mol. The Morgan fingerprint density at radius 2 is 1.69 bits per heavy atom. The Kier molecular flexibility index (Phi) is 3.23. The van der Waals surface area contributed by atoms with Gasteiger partial charge in [-0.25, -0.2) is 0 Å². The molecule has 1 aliphatic carbocycles. The van der Waals surface area contributed by atoms with Gasteiger partial charge >= 0.3 is 0 Å². The molecule has 2 aliphatic rings. The highest BCUT2D eigenvalue weighted by Gasteiger charge is 2.28. The summed E-state index contributed by atoms with van der Waals surface area (Å²) in [6.45, 7) is 4.93. The topological polar surface area (TPSA) is 29.3 Å². The standard InChI is InChI=1S/C11H22N2/c12-8-10-4-3-5-11(10)9-13-6-1-2-7-13/h10-11H,1-9,12H2. The van der Waals surface area contributed by atoms with Crippen LogP contribution in [-0.2, 0) is 0 Å². The normalized spacial score (nSPS) is 35.8. The fraction of sp³-hybridized carbons (Fsp3) is 1.00. The molecule has 2 fully saturated rings. The van der Waals surface area contributed by atoms with Crippen molar-refractivity contribution in [1.82, 2.24) is 4.90 Å². The lowest BCUT2D eigenvalue weighted by atomic mass is 9.96. The third kappa shape index (κ3) is 2.23. The maximum Gasteiger partial charge on any atom is 0.00128 e. The molecule has 0 spiro atoms. The summed E-state index contributed by atoms with van der Waals surface area (Å²) < 4.78 is 0. The highest BCUT2D eigenvalue weighted by molar-refractivity contribution is 4.81. The van der Waals surface area contributed by atoms with E-state index >= 15 is 0 Å². The number of rotatable bonds is 3. The first-order valence-corrected chi connectivity index (χ1v) is 5.82. The maximum atomic E-state index is 5.78. The Bertz CT molecular complexity index is 152. The van der Waals surface area contributed by atoms with Crippen LogP contribution in [0.25, 0.3) is 0 Å². The fourth-order valence-electron chi connectivity index (χ4n) is 2.96. The minimum atomic E-state index is 0.834. The number of hydrogen-bond donors (Lipinski definition) is 1. The van der Waals surface area contributed by atoms with Crippen LogP contribution in [0.3, 0.4) is 0 Å². The lowest BCUT2D eigenvalue weighted by molar-refractivity contribution is 0.243. The Balaban J connectivity index is 1.79. The van der Waals surface area contributed by atoms with Gasteiger partial charge in [-0.05, 0) is 57.2 Å². The van der Waals surface area contributed by atoms with E-state index in [9.17, 15) is 0 Å². The predicted octanol–water partition coefficient (Wildman–Crippen LogP) is 1.46. The quantitative estimate of drug-likeness (QED) is 0.716. The Hall–Kier alpha value is -0.0800. The highest BCUT2D eigenvalue weighted by atomic mass is 15.1. The fourth-order valence-corrected chi connectivity index (χ4v) is 2.96. The minimum absolute atomic E-state index is 0.834. The van der Waals surface area contributed by atoms with Gasteiger partial charge < -0.3 is 10.6 Å². The second kappa shape index (κ2) is 4.43. The monoisotopic (exact) mass is 182 g/mol. The van der Waals surface area contributed by atoms with Crippen molar-refractivity contribution < 1.29 is 0 Å². The summed E-state index contributed by atoms with van der Waals surface area (Å²) in [6.07, 6.45) is 7.06. The summed E-state index contributed by atoms with van der Waals surface area (Å²) in [5.41, 5.74) is 5.78. The van der Waals surface area contributed by atoms with Crippen LogP contribution in [0, 0.1) is 11.8 Å². The van der Waals surface area contributed by atoms with Gasteiger partial charge in [0.15, 0.2) is 0 Å². The van der Waals surface area contributed by atoms with Gasteiger partial charge in [0.1, 0.15) is 0 Å². The average Bonchev–Trinajstić information content (AvgIpc) is 2.76. The van der Waals surface area contributed by atoms with Gasteiger partial charge in [-0.15, -0.1) is 0 Å². The Morgan fingerprint density at radius 1 is 1.00 bits per heavy atom. The second-order valence-corrected chi connectivity index (χ2v) is 4.69. The van der Waals surface area contributed by atoms with Crippen LogP contribution in [-0.4, -0.2) is 31.1 Å². The van der Waals surface area contributed by atoms with E-state index in [1.165, 1.54) is 51.7 Å². The molecule has 1 saturated carbocycles. The van der Waals surface area contributed by atoms with E-state index in [2.05, 4.69) is 4.90 Å². The third-order valence-corrected chi connectivity index (χ3v) is 3.81. The summed E-state index contributed by atoms with van der Waals surface area (Å²) in [6, 6.07) is 0. The van der Waals surface area contributed by atoms with Crippen LogP contribution in [0.5, 0.6) is 0 Å². The van der Waals surface area contributed by atoms with E-state index < -0.39 is 0 Å². The van der Waals surface area contributed by atoms with E-state index in [-0.39, 0.29) is 0 Å². The van der Waals surface area contributed by atoms with Crippen LogP contribution >= 0.6 is 0 Å². The van der Waals surface area contributed by atoms with Crippen molar-refractivity contribution >= 4 is 0 Å². The van der Waals surface area contributed by atoms with Gasteiger partial charge in [-0.1, -0.05) is 6.42 Å². The van der Waals surface area contributed by atoms with Crippen molar-refractivity contribution in [1.29, 1.82) is 0 Å². The van der Waals surface area contributed by atoms with Crippen LogP contribution < -0.4 is 5.73 Å². The largest absolute Gasteiger partial charge is 0.330 e. The second-order valence-electron chi connectivity index (χ2n) is 4.69. The van der Waals surface area contributed by atoms with Crippen molar-refractivity contribution in [3.63, 3.8) is 0 Å². The molecule has 0 bridgehead atoms. The summed E-state index contributed by atoms with van der Waals surface area (Å²) in [5, 5.41) is 0. The van der Waals surface area contributed by atoms with E-state index in [1.807, 2.05) is 0 Å². The molecule has 0 aromatic rings. The summed E-state index contributed by atoms with van der Waals surface area (Å²) in [4.78, 5) is 2.64. The lowest BCUT2D eigenvalue weighted by Crippen LogP contribution is -2.31. The van der Waals surface area contributed by atoms with E-state index in [1.54, 1.807) is 0 Å². The first-order chi connectivity index (χ1) is 6.40. The molecule has 2 rings (SSSR count). The Morgan fingerprint density at radius 3 is 2.38 bits per heavy atom. The van der Waals surface area contributed by atoms with E-state index in [4.69, 9.17) is 5.73 Å². The maximum absolute atomic E-state index is 5.78. The lowest BCUT2D eigenvalue weighted by Gasteiger charge is -2.24. The Labute approximate surface area is 81.5 Å². The van der Waals surface area contributed by atoms with E-state index in [0.29, 0.717) is 0 Å². The van der Waals surface area contributed by atoms with Crippen LogP contribution in [0.2, 0.25) is 0 Å². The van der Waals surface area contributed by atoms with Gasteiger partial charge in [0, 0.05) is 6.54 Å². The zero-order chi connectivity index (χ0) is 9.10. The van der Waals surface area contributed by atoms with Crippen LogP contribution in [0.15, 0.2) is 0 Å². The van der Waals surface area contributed by atoms with Crippen molar-refractivity contribution in [2.24, 2.45) is 17.6 Å². The summed E-state index contributed by atoms with van der Waals surface area (Å²) in [7, 11) is 0. The van der Waals surface area contributed by atoms with Crippen molar-refractivity contribution in [2.45, 2.75) is 32.1 Å². The molecule has 2 N–H and O–H groups in total. The molecule has 1 saturated heterocycles. The molecule has 13 heavy (non-hydrogen) atoms. The van der Waals surface area contributed by atoms with Crippen molar-refractivity contribution in [3.05, 3.63) is 0 Å². The molecular formula is C11H22N2. The molecule has 1 aliphatic heterocycles. The molecule has 0 radical (unpaired) electrons. The van der Waals surface area contributed by atoms with Crippen molar-refractivity contribution in [2.75, 3.05) is 26.2 Å². The van der Waals surface area contributed by atoms with Gasteiger partial charge in [-0.3, -0.25) is 0 Å². The molecule has 2 heteroatoms. The summed E-state index contributed by atoms with van der Waals surface area (Å²) >= 11 is 0. The van der Waals surface area contributed by atoms with Crippen LogP contribution in [0.1, 0.15) is 32.1 Å². The SMILES string of the molecule is NCC1CCCC1CN1CCCC1. The molecule has 0 aromatic carbocycles. The van der Waals surface area contributed by atoms with Gasteiger partial charge in [0.05, 0.1) is 0 Å². The zero-order valence-corrected chi connectivity index (χ0v) is 8.54. The van der Waals surface area contributed by atoms with E-state index in [0.717, 1.165) is 18.4 Å². The van der Waals surface area contributed by atoms with Crippen molar-refractivity contribution in [3.8, 4) is 0 Å². The molecule has 2 unspecified atom stereocenters. The molecule has 0 amide bonds. The number of likely N-dealkylation sites (tertiary alicyclic amines) is 1.